The van der Waals surface area contributed by atoms with Crippen molar-refractivity contribution >= 4 is 0 Å². The summed E-state index contributed by atoms with van der Waals surface area (Å²) in [6.45, 7) is 5.40. The first kappa shape index (κ1) is 13.5. The van der Waals surface area contributed by atoms with E-state index in [4.69, 9.17) is 11.2 Å². The van der Waals surface area contributed by atoms with Crippen molar-refractivity contribution in [2.75, 3.05) is 13.7 Å². The fourth-order valence-corrected chi connectivity index (χ4v) is 2.75. The Hall–Kier alpha value is -0.520. The Balaban J connectivity index is 2.72. The van der Waals surface area contributed by atoms with Gasteiger partial charge in [-0.25, -0.2) is 0 Å². The van der Waals surface area contributed by atoms with E-state index < -0.39 is 0 Å². The van der Waals surface area contributed by atoms with Crippen LogP contribution in [0.15, 0.2) is 0 Å². The Morgan fingerprint density at radius 1 is 1.50 bits per heavy atom. The molecule has 1 saturated carbocycles. The molecule has 1 aliphatic rings. The minimum Gasteiger partial charge on any atom is -0.377 e. The first-order valence-electron chi connectivity index (χ1n) is 6.40. The van der Waals surface area contributed by atoms with E-state index in [1.54, 1.807) is 0 Å². The van der Waals surface area contributed by atoms with Crippen LogP contribution in [0.1, 0.15) is 46.0 Å². The highest BCUT2D eigenvalue weighted by Gasteiger charge is 2.40. The highest BCUT2D eigenvalue weighted by atomic mass is 16.5. The van der Waals surface area contributed by atoms with Crippen molar-refractivity contribution in [3.8, 4) is 12.3 Å². The Labute approximate surface area is 100 Å². The normalized spacial score (nSPS) is 32.0. The molecule has 1 atom stereocenters. The lowest BCUT2D eigenvalue weighted by molar-refractivity contribution is -0.0732. The van der Waals surface area contributed by atoms with E-state index in [1.807, 2.05) is 7.11 Å². The molecule has 0 aromatic carbocycles. The summed E-state index contributed by atoms with van der Waals surface area (Å²) in [6.07, 6.45) is 11.0. The van der Waals surface area contributed by atoms with Crippen LogP contribution in [-0.4, -0.2) is 25.3 Å². The lowest BCUT2D eigenvalue weighted by Gasteiger charge is -2.43. The number of terminal acetylenes is 1. The summed E-state index contributed by atoms with van der Waals surface area (Å²) in [7, 11) is 1.83. The van der Waals surface area contributed by atoms with Gasteiger partial charge in [-0.15, -0.1) is 12.3 Å². The van der Waals surface area contributed by atoms with Crippen LogP contribution in [0.2, 0.25) is 0 Å². The summed E-state index contributed by atoms with van der Waals surface area (Å²) in [6, 6.07) is 0.306. The highest BCUT2D eigenvalue weighted by Crippen LogP contribution is 2.37. The Kier molecular flexibility index (Phi) is 5.31. The largest absolute Gasteiger partial charge is 0.377 e. The van der Waals surface area contributed by atoms with Crippen LogP contribution >= 0.6 is 0 Å². The first-order valence-corrected chi connectivity index (χ1v) is 6.40. The quantitative estimate of drug-likeness (QED) is 0.723. The molecule has 2 nitrogen and oxygen atoms in total. The molecule has 1 rings (SSSR count). The third-order valence-corrected chi connectivity index (χ3v) is 3.93. The average Bonchev–Trinajstić information content (AvgIpc) is 2.31. The second-order valence-corrected chi connectivity index (χ2v) is 4.97. The van der Waals surface area contributed by atoms with E-state index in [0.29, 0.717) is 6.04 Å². The SMILES string of the molecule is C#CCC(NCC)C1(OC)CCC(C)CC1. The molecule has 1 aliphatic carbocycles. The zero-order valence-electron chi connectivity index (χ0n) is 10.9. The van der Waals surface area contributed by atoms with Crippen molar-refractivity contribution in [3.63, 3.8) is 0 Å². The molecule has 92 valence electrons. The molecule has 1 unspecified atom stereocenters. The van der Waals surface area contributed by atoms with E-state index in [9.17, 15) is 0 Å². The average molecular weight is 223 g/mol. The number of methoxy groups -OCH3 is 1. The third-order valence-electron chi connectivity index (χ3n) is 3.93. The van der Waals surface area contributed by atoms with Crippen LogP contribution in [0.5, 0.6) is 0 Å². The van der Waals surface area contributed by atoms with E-state index >= 15 is 0 Å². The summed E-state index contributed by atoms with van der Waals surface area (Å²) < 4.78 is 5.84. The number of ether oxygens (including phenoxy) is 1. The van der Waals surface area contributed by atoms with Gasteiger partial charge in [0.05, 0.1) is 5.60 Å². The molecule has 1 fully saturated rings. The minimum atomic E-state index is -0.0328. The molecule has 0 aliphatic heterocycles. The van der Waals surface area contributed by atoms with Crippen LogP contribution in [-0.2, 0) is 4.74 Å². The number of nitrogens with one attached hydrogen (secondary N) is 1. The molecule has 16 heavy (non-hydrogen) atoms. The number of hydrogen-bond donors (Lipinski definition) is 1. The zero-order valence-corrected chi connectivity index (χ0v) is 10.9. The van der Waals surface area contributed by atoms with Gasteiger partial charge in [0.15, 0.2) is 0 Å². The van der Waals surface area contributed by atoms with E-state index in [-0.39, 0.29) is 5.60 Å². The molecule has 0 saturated heterocycles. The third kappa shape index (κ3) is 2.99. The van der Waals surface area contributed by atoms with Crippen molar-refractivity contribution in [2.45, 2.75) is 57.6 Å². The fraction of sp³-hybridized carbons (Fsp3) is 0.857. The second-order valence-electron chi connectivity index (χ2n) is 4.97. The topological polar surface area (TPSA) is 21.3 Å². The number of rotatable bonds is 5. The Morgan fingerprint density at radius 2 is 2.12 bits per heavy atom. The van der Waals surface area contributed by atoms with Gasteiger partial charge in [-0.1, -0.05) is 13.8 Å². The molecular weight excluding hydrogens is 198 g/mol. The summed E-state index contributed by atoms with van der Waals surface area (Å²) in [5.74, 6) is 3.61. The van der Waals surface area contributed by atoms with E-state index in [0.717, 1.165) is 31.7 Å². The highest BCUT2D eigenvalue weighted by molar-refractivity contribution is 5.02. The fourth-order valence-electron chi connectivity index (χ4n) is 2.75. The van der Waals surface area contributed by atoms with Gasteiger partial charge in [0.25, 0.3) is 0 Å². The van der Waals surface area contributed by atoms with Gasteiger partial charge in [-0.3, -0.25) is 0 Å². The van der Waals surface area contributed by atoms with Crippen molar-refractivity contribution < 1.29 is 4.74 Å². The van der Waals surface area contributed by atoms with E-state index in [2.05, 4.69) is 25.1 Å². The molecule has 0 aromatic rings. The Bertz CT molecular complexity index is 236. The van der Waals surface area contributed by atoms with Gasteiger partial charge in [-0.05, 0) is 38.1 Å². The maximum absolute atomic E-state index is 5.84. The zero-order chi connectivity index (χ0) is 12.0. The first-order chi connectivity index (χ1) is 7.68. The smallest absolute Gasteiger partial charge is 0.0840 e. The summed E-state index contributed by atoms with van der Waals surface area (Å²) in [5.41, 5.74) is -0.0328. The molecule has 0 bridgehead atoms. The van der Waals surface area contributed by atoms with Crippen LogP contribution in [0.25, 0.3) is 0 Å². The van der Waals surface area contributed by atoms with Crippen LogP contribution in [0, 0.1) is 18.3 Å². The van der Waals surface area contributed by atoms with Gasteiger partial charge in [0.2, 0.25) is 0 Å². The van der Waals surface area contributed by atoms with Crippen LogP contribution < -0.4 is 5.32 Å². The lowest BCUT2D eigenvalue weighted by atomic mass is 9.74. The van der Waals surface area contributed by atoms with Gasteiger partial charge in [0.1, 0.15) is 0 Å². The maximum atomic E-state index is 5.84. The predicted octanol–water partition coefficient (Wildman–Crippen LogP) is 2.58. The maximum Gasteiger partial charge on any atom is 0.0840 e. The summed E-state index contributed by atoms with van der Waals surface area (Å²) in [4.78, 5) is 0. The van der Waals surface area contributed by atoms with Crippen LogP contribution in [0.4, 0.5) is 0 Å². The second kappa shape index (κ2) is 6.27. The minimum absolute atomic E-state index is 0.0328. The predicted molar refractivity (Wildman–Crippen MR) is 68.3 cm³/mol. The van der Waals surface area contributed by atoms with Crippen LogP contribution in [0.3, 0.4) is 0 Å². The molecule has 0 heterocycles. The molecule has 1 N–H and O–H groups in total. The molecular formula is C14H25NO. The van der Waals surface area contributed by atoms with Gasteiger partial charge < -0.3 is 10.1 Å². The number of likely N-dealkylation sites (N-methyl/N-ethyl adjacent to an activating group) is 1. The molecule has 0 spiro atoms. The molecule has 0 amide bonds. The monoisotopic (exact) mass is 223 g/mol. The Morgan fingerprint density at radius 3 is 2.56 bits per heavy atom. The van der Waals surface area contributed by atoms with Crippen molar-refractivity contribution in [1.82, 2.24) is 5.32 Å². The standard InChI is InChI=1S/C14H25NO/c1-5-7-13(15-6-2)14(16-4)10-8-12(3)9-11-14/h1,12-13,15H,6-11H2,2-4H3. The number of hydrogen-bond acceptors (Lipinski definition) is 2. The van der Waals surface area contributed by atoms with E-state index in [1.165, 1.54) is 12.8 Å². The molecule has 0 radical (unpaired) electrons. The van der Waals surface area contributed by atoms with Gasteiger partial charge >= 0.3 is 0 Å². The summed E-state index contributed by atoms with van der Waals surface area (Å²) in [5, 5.41) is 3.49. The molecule has 0 aromatic heterocycles. The van der Waals surface area contributed by atoms with Crippen molar-refractivity contribution in [3.05, 3.63) is 0 Å². The van der Waals surface area contributed by atoms with Crippen molar-refractivity contribution in [2.24, 2.45) is 5.92 Å². The van der Waals surface area contributed by atoms with Gasteiger partial charge in [0, 0.05) is 19.6 Å². The summed E-state index contributed by atoms with van der Waals surface area (Å²) >= 11 is 0. The van der Waals surface area contributed by atoms with Gasteiger partial charge in [-0.2, -0.15) is 0 Å². The van der Waals surface area contributed by atoms with Crippen molar-refractivity contribution in [1.29, 1.82) is 0 Å². The molecule has 2 heteroatoms. The lowest BCUT2D eigenvalue weighted by Crippen LogP contribution is -2.53.